The minimum atomic E-state index is 0. The minimum absolute atomic E-state index is 0. The largest absolute Gasteiger partial charge is 0.381 e. The third kappa shape index (κ3) is 9.83. The summed E-state index contributed by atoms with van der Waals surface area (Å²) in [6.45, 7) is 12.2. The van der Waals surface area contributed by atoms with E-state index >= 15 is 0 Å². The molecule has 0 spiro atoms. The van der Waals surface area contributed by atoms with Gasteiger partial charge in [0, 0.05) is 64.7 Å². The van der Waals surface area contributed by atoms with Crippen LogP contribution in [0.3, 0.4) is 0 Å². The SMILES string of the molecule is CCNC(=NCCCOCC1CC1)NCCCN1CCN(c2ccccc2)CC1.I. The van der Waals surface area contributed by atoms with E-state index in [-0.39, 0.29) is 24.0 Å². The van der Waals surface area contributed by atoms with Crippen molar-refractivity contribution in [3.05, 3.63) is 30.3 Å². The lowest BCUT2D eigenvalue weighted by atomic mass is 10.2. The predicted molar refractivity (Wildman–Crippen MR) is 137 cm³/mol. The molecule has 1 aliphatic carbocycles. The Hall–Kier alpha value is -1.06. The summed E-state index contributed by atoms with van der Waals surface area (Å²) in [6, 6.07) is 10.7. The van der Waals surface area contributed by atoms with Crippen LogP contribution in [0.5, 0.6) is 0 Å². The van der Waals surface area contributed by atoms with Crippen molar-refractivity contribution in [2.45, 2.75) is 32.6 Å². The van der Waals surface area contributed by atoms with Gasteiger partial charge >= 0.3 is 0 Å². The number of ether oxygens (including phenoxy) is 1. The topological polar surface area (TPSA) is 52.1 Å². The van der Waals surface area contributed by atoms with Gasteiger partial charge in [0.1, 0.15) is 0 Å². The maximum absolute atomic E-state index is 5.68. The Kier molecular flexibility index (Phi) is 12.5. The van der Waals surface area contributed by atoms with Crippen molar-refractivity contribution in [2.24, 2.45) is 10.9 Å². The summed E-state index contributed by atoms with van der Waals surface area (Å²) < 4.78 is 5.68. The highest BCUT2D eigenvalue weighted by Crippen LogP contribution is 2.28. The first-order chi connectivity index (χ1) is 14.3. The number of anilines is 1. The Bertz CT molecular complexity index is 589. The first-order valence-corrected chi connectivity index (χ1v) is 11.5. The van der Waals surface area contributed by atoms with Gasteiger partial charge in [0.15, 0.2) is 5.96 Å². The van der Waals surface area contributed by atoms with Gasteiger partial charge in [-0.1, -0.05) is 18.2 Å². The van der Waals surface area contributed by atoms with E-state index in [0.29, 0.717) is 0 Å². The van der Waals surface area contributed by atoms with Gasteiger partial charge in [0.2, 0.25) is 0 Å². The van der Waals surface area contributed by atoms with E-state index in [1.54, 1.807) is 0 Å². The first kappa shape index (κ1) is 25.2. The summed E-state index contributed by atoms with van der Waals surface area (Å²) in [7, 11) is 0. The minimum Gasteiger partial charge on any atom is -0.381 e. The van der Waals surface area contributed by atoms with Crippen molar-refractivity contribution in [3.63, 3.8) is 0 Å². The molecule has 1 aromatic rings. The maximum Gasteiger partial charge on any atom is 0.191 e. The second-order valence-corrected chi connectivity index (χ2v) is 8.08. The van der Waals surface area contributed by atoms with Gasteiger partial charge < -0.3 is 20.3 Å². The molecule has 0 bridgehead atoms. The summed E-state index contributed by atoms with van der Waals surface area (Å²) in [5, 5.41) is 6.82. The molecule has 2 fully saturated rings. The molecule has 0 atom stereocenters. The molecule has 1 saturated carbocycles. The third-order valence-electron chi connectivity index (χ3n) is 5.55. The van der Waals surface area contributed by atoms with E-state index in [2.05, 4.69) is 62.7 Å². The van der Waals surface area contributed by atoms with Gasteiger partial charge in [0.05, 0.1) is 0 Å². The normalized spacial score (nSPS) is 17.5. The summed E-state index contributed by atoms with van der Waals surface area (Å²) in [6.07, 6.45) is 4.85. The average molecular weight is 530 g/mol. The van der Waals surface area contributed by atoms with Crippen molar-refractivity contribution in [3.8, 4) is 0 Å². The summed E-state index contributed by atoms with van der Waals surface area (Å²) in [5.74, 6) is 1.78. The number of hydrogen-bond donors (Lipinski definition) is 2. The second kappa shape index (κ2) is 14.9. The number of guanidine groups is 1. The molecule has 0 aromatic heterocycles. The van der Waals surface area contributed by atoms with Crippen molar-refractivity contribution < 1.29 is 4.74 Å². The van der Waals surface area contributed by atoms with Crippen LogP contribution in [-0.4, -0.2) is 76.4 Å². The number of aliphatic imine (C=N–C) groups is 1. The number of rotatable bonds is 12. The molecule has 2 aliphatic rings. The van der Waals surface area contributed by atoms with E-state index in [1.165, 1.54) is 18.5 Å². The van der Waals surface area contributed by atoms with Crippen LogP contribution < -0.4 is 15.5 Å². The van der Waals surface area contributed by atoms with Crippen molar-refractivity contribution >= 4 is 35.6 Å². The quantitative estimate of drug-likeness (QED) is 0.189. The molecule has 0 unspecified atom stereocenters. The number of piperazine rings is 1. The Morgan fingerprint density at radius 3 is 2.53 bits per heavy atom. The zero-order valence-corrected chi connectivity index (χ0v) is 20.9. The molecule has 0 radical (unpaired) electrons. The molecular formula is C23H40IN5O. The van der Waals surface area contributed by atoms with Crippen LogP contribution in [-0.2, 0) is 4.74 Å². The maximum atomic E-state index is 5.68. The number of nitrogens with one attached hydrogen (secondary N) is 2. The van der Waals surface area contributed by atoms with E-state index in [9.17, 15) is 0 Å². The lowest BCUT2D eigenvalue weighted by Crippen LogP contribution is -2.47. The van der Waals surface area contributed by atoms with E-state index < -0.39 is 0 Å². The molecule has 1 aromatic carbocycles. The molecule has 1 aliphatic heterocycles. The van der Waals surface area contributed by atoms with Gasteiger partial charge in [-0.15, -0.1) is 24.0 Å². The van der Waals surface area contributed by atoms with Crippen LogP contribution in [0.1, 0.15) is 32.6 Å². The van der Waals surface area contributed by atoms with Gasteiger partial charge in [-0.25, -0.2) is 0 Å². The van der Waals surface area contributed by atoms with Crippen LogP contribution in [0.15, 0.2) is 35.3 Å². The van der Waals surface area contributed by atoms with Crippen LogP contribution in [0.2, 0.25) is 0 Å². The number of halogens is 1. The zero-order chi connectivity index (χ0) is 20.2. The van der Waals surface area contributed by atoms with Crippen LogP contribution in [0.25, 0.3) is 0 Å². The summed E-state index contributed by atoms with van der Waals surface area (Å²) >= 11 is 0. The fourth-order valence-corrected chi connectivity index (χ4v) is 3.61. The Labute approximate surface area is 199 Å². The van der Waals surface area contributed by atoms with Crippen molar-refractivity contribution in [2.75, 3.05) is 70.5 Å². The number of para-hydroxylation sites is 1. The fourth-order valence-electron chi connectivity index (χ4n) is 3.61. The number of benzene rings is 1. The fraction of sp³-hybridized carbons (Fsp3) is 0.696. The van der Waals surface area contributed by atoms with E-state index in [4.69, 9.17) is 4.74 Å². The van der Waals surface area contributed by atoms with Crippen molar-refractivity contribution in [1.82, 2.24) is 15.5 Å². The van der Waals surface area contributed by atoms with Gasteiger partial charge in [-0.05, 0) is 57.2 Å². The first-order valence-electron chi connectivity index (χ1n) is 11.5. The van der Waals surface area contributed by atoms with Crippen LogP contribution in [0.4, 0.5) is 5.69 Å². The molecule has 1 heterocycles. The highest BCUT2D eigenvalue weighted by atomic mass is 127. The lowest BCUT2D eigenvalue weighted by Gasteiger charge is -2.36. The molecule has 2 N–H and O–H groups in total. The smallest absolute Gasteiger partial charge is 0.191 e. The molecule has 7 heteroatoms. The van der Waals surface area contributed by atoms with Gasteiger partial charge in [-0.2, -0.15) is 0 Å². The molecule has 170 valence electrons. The molecule has 0 amide bonds. The van der Waals surface area contributed by atoms with E-state index in [0.717, 1.165) is 90.3 Å². The average Bonchev–Trinajstić information content (AvgIpc) is 3.59. The molecule has 3 rings (SSSR count). The van der Waals surface area contributed by atoms with Crippen LogP contribution >= 0.6 is 24.0 Å². The van der Waals surface area contributed by atoms with Gasteiger partial charge in [0.25, 0.3) is 0 Å². The summed E-state index contributed by atoms with van der Waals surface area (Å²) in [4.78, 5) is 9.72. The molecule has 1 saturated heterocycles. The number of hydrogen-bond acceptors (Lipinski definition) is 4. The number of nitrogens with zero attached hydrogens (tertiary/aromatic N) is 3. The lowest BCUT2D eigenvalue weighted by molar-refractivity contribution is 0.123. The van der Waals surface area contributed by atoms with Gasteiger partial charge in [-0.3, -0.25) is 9.89 Å². The molecule has 30 heavy (non-hydrogen) atoms. The van der Waals surface area contributed by atoms with Crippen molar-refractivity contribution in [1.29, 1.82) is 0 Å². The monoisotopic (exact) mass is 529 g/mol. The Morgan fingerprint density at radius 2 is 1.83 bits per heavy atom. The highest BCUT2D eigenvalue weighted by Gasteiger charge is 2.20. The molecule has 6 nitrogen and oxygen atoms in total. The standard InChI is InChI=1S/C23H39N5O.HI/c1-2-24-23(26-13-7-19-29-20-21-10-11-21)25-12-6-14-27-15-17-28(18-16-27)22-8-4-3-5-9-22;/h3-5,8-9,21H,2,6-7,10-20H2,1H3,(H2,24,25,26);1H. The Morgan fingerprint density at radius 1 is 1.07 bits per heavy atom. The summed E-state index contributed by atoms with van der Waals surface area (Å²) in [5.41, 5.74) is 1.35. The Balaban J connectivity index is 0.00000320. The molecular weight excluding hydrogens is 489 g/mol. The highest BCUT2D eigenvalue weighted by molar-refractivity contribution is 14.0. The second-order valence-electron chi connectivity index (χ2n) is 8.08. The third-order valence-corrected chi connectivity index (χ3v) is 5.55. The van der Waals surface area contributed by atoms with Crippen LogP contribution in [0, 0.1) is 5.92 Å². The zero-order valence-electron chi connectivity index (χ0n) is 18.5. The van der Waals surface area contributed by atoms with E-state index in [1.807, 2.05) is 0 Å². The predicted octanol–water partition coefficient (Wildman–Crippen LogP) is 3.19.